The summed E-state index contributed by atoms with van der Waals surface area (Å²) in [5.74, 6) is -1.08. The number of aromatic nitrogens is 4. The first-order chi connectivity index (χ1) is 22.6. The van der Waals surface area contributed by atoms with Gasteiger partial charge in [-0.15, -0.1) is 21.5 Å². The molecular weight excluding hydrogens is 632 g/mol. The third-order valence-electron chi connectivity index (χ3n) is 7.58. The van der Waals surface area contributed by atoms with E-state index in [0.717, 1.165) is 40.9 Å². The smallest absolute Gasteiger partial charge is 0.343 e. The number of benzene rings is 2. The minimum Gasteiger partial charge on any atom is -0.480 e. The van der Waals surface area contributed by atoms with Gasteiger partial charge in [0.25, 0.3) is 5.56 Å². The molecule has 3 aromatic heterocycles. The fourth-order valence-corrected chi connectivity index (χ4v) is 6.37. The van der Waals surface area contributed by atoms with Crippen LogP contribution in [0.1, 0.15) is 24.0 Å². The van der Waals surface area contributed by atoms with Crippen LogP contribution < -0.4 is 26.8 Å². The molecule has 0 spiro atoms. The lowest BCUT2D eigenvalue weighted by Crippen LogP contribution is -2.39. The van der Waals surface area contributed by atoms with Crippen molar-refractivity contribution in [1.82, 2.24) is 29.7 Å². The number of carbonyl (C=O) groups excluding carboxylic acids is 1. The topological polar surface area (TPSA) is 133 Å². The van der Waals surface area contributed by atoms with Gasteiger partial charge in [-0.1, -0.05) is 18.2 Å². The number of fused-ring (bicyclic) bond motifs is 1. The molecule has 2 aromatic carbocycles. The summed E-state index contributed by atoms with van der Waals surface area (Å²) in [6.45, 7) is 0.278. The Hall–Kier alpha value is -4.99. The molecule has 2 amide bonds. The minimum absolute atomic E-state index is 0.0798. The van der Waals surface area contributed by atoms with Gasteiger partial charge in [-0.2, -0.15) is 0 Å². The van der Waals surface area contributed by atoms with E-state index in [-0.39, 0.29) is 27.5 Å². The van der Waals surface area contributed by atoms with Gasteiger partial charge in [0.2, 0.25) is 5.88 Å². The van der Waals surface area contributed by atoms with Crippen LogP contribution in [0.2, 0.25) is 0 Å². The number of nitrogens with one attached hydrogen (secondary N) is 2. The van der Waals surface area contributed by atoms with Crippen molar-refractivity contribution in [2.45, 2.75) is 25.9 Å². The Kier molecular flexibility index (Phi) is 9.11. The second-order valence-electron chi connectivity index (χ2n) is 11.4. The molecule has 12 nitrogen and oxygen atoms in total. The van der Waals surface area contributed by atoms with Crippen LogP contribution in [0.5, 0.6) is 5.88 Å². The number of halogens is 2. The highest BCUT2D eigenvalue weighted by Gasteiger charge is 2.26. The van der Waals surface area contributed by atoms with E-state index >= 15 is 0 Å². The molecule has 0 bridgehead atoms. The first-order valence-corrected chi connectivity index (χ1v) is 15.5. The van der Waals surface area contributed by atoms with Gasteiger partial charge >= 0.3 is 11.7 Å². The molecule has 15 heteroatoms. The molecule has 1 aliphatic rings. The van der Waals surface area contributed by atoms with Crippen molar-refractivity contribution in [3.05, 3.63) is 98.2 Å². The summed E-state index contributed by atoms with van der Waals surface area (Å²) >= 11 is 1.16. The van der Waals surface area contributed by atoms with E-state index in [0.29, 0.717) is 40.8 Å². The fraction of sp³-hybridized carbons (Fsp3) is 0.281. The lowest BCUT2D eigenvalue weighted by Gasteiger charge is -2.14. The van der Waals surface area contributed by atoms with Gasteiger partial charge in [0.05, 0.1) is 25.6 Å². The third kappa shape index (κ3) is 6.77. The van der Waals surface area contributed by atoms with Crippen LogP contribution in [-0.2, 0) is 17.9 Å². The Morgan fingerprint density at radius 2 is 1.74 bits per heavy atom. The van der Waals surface area contributed by atoms with Gasteiger partial charge in [0, 0.05) is 28.7 Å². The number of hydrogen-bond donors (Lipinski definition) is 2. The number of methoxy groups -OCH3 is 1. The van der Waals surface area contributed by atoms with E-state index in [1.807, 2.05) is 19.0 Å². The molecule has 0 radical (unpaired) electrons. The summed E-state index contributed by atoms with van der Waals surface area (Å²) < 4.78 is 36.9. The van der Waals surface area contributed by atoms with Crippen molar-refractivity contribution >= 4 is 33.3 Å². The lowest BCUT2D eigenvalue weighted by molar-refractivity contribution is 0.0586. The number of thiophene rings is 1. The first kappa shape index (κ1) is 32.0. The molecule has 0 aliphatic heterocycles. The molecule has 1 aliphatic carbocycles. The SMILES string of the molecule is COc1ccc(-n2c(=O)c3c(CN(C)C)c(-c4ccc(NC(=O)NOCC5CC5)cc4)sc3n(Cc3c(F)cccc3F)c2=O)nn1. The molecule has 2 N–H and O–H groups in total. The Bertz CT molecular complexity index is 2040. The number of hydrogen-bond acceptors (Lipinski definition) is 9. The maximum atomic E-state index is 14.9. The molecule has 6 rings (SSSR count). The molecular formula is C32H31F2N7O5S. The highest BCUT2D eigenvalue weighted by atomic mass is 32.1. The summed E-state index contributed by atoms with van der Waals surface area (Å²) in [6.07, 6.45) is 2.19. The first-order valence-electron chi connectivity index (χ1n) is 14.7. The quantitative estimate of drug-likeness (QED) is 0.197. The number of rotatable bonds is 11. The zero-order valence-corrected chi connectivity index (χ0v) is 26.6. The molecule has 1 saturated carbocycles. The molecule has 0 atom stereocenters. The van der Waals surface area contributed by atoms with Crippen LogP contribution in [0.4, 0.5) is 19.3 Å². The van der Waals surface area contributed by atoms with Crippen LogP contribution in [-0.4, -0.2) is 58.1 Å². The van der Waals surface area contributed by atoms with Crippen LogP contribution in [0.15, 0.2) is 64.2 Å². The summed E-state index contributed by atoms with van der Waals surface area (Å²) in [6, 6.07) is 12.8. The Balaban J connectivity index is 1.49. The molecule has 47 heavy (non-hydrogen) atoms. The zero-order valence-electron chi connectivity index (χ0n) is 25.8. The maximum absolute atomic E-state index is 14.9. The number of amides is 2. The second kappa shape index (κ2) is 13.4. The summed E-state index contributed by atoms with van der Waals surface area (Å²) in [4.78, 5) is 48.5. The zero-order chi connectivity index (χ0) is 33.2. The Morgan fingerprint density at radius 1 is 1.02 bits per heavy atom. The number of nitrogens with zero attached hydrogens (tertiary/aromatic N) is 5. The normalized spacial score (nSPS) is 12.9. The van der Waals surface area contributed by atoms with E-state index in [1.54, 1.807) is 24.3 Å². The second-order valence-corrected chi connectivity index (χ2v) is 12.4. The molecule has 0 unspecified atom stereocenters. The summed E-state index contributed by atoms with van der Waals surface area (Å²) in [7, 11) is 5.07. The van der Waals surface area contributed by atoms with Crippen molar-refractivity contribution in [1.29, 1.82) is 0 Å². The van der Waals surface area contributed by atoms with Gasteiger partial charge in [-0.3, -0.25) is 14.2 Å². The lowest BCUT2D eigenvalue weighted by atomic mass is 10.1. The van der Waals surface area contributed by atoms with E-state index in [4.69, 9.17) is 9.57 Å². The van der Waals surface area contributed by atoms with Crippen LogP contribution in [0.3, 0.4) is 0 Å². The monoisotopic (exact) mass is 663 g/mol. The van der Waals surface area contributed by atoms with Crippen molar-refractivity contribution < 1.29 is 23.1 Å². The van der Waals surface area contributed by atoms with Gasteiger partial charge in [0.1, 0.15) is 16.5 Å². The van der Waals surface area contributed by atoms with Crippen molar-refractivity contribution in [3.8, 4) is 22.1 Å². The van der Waals surface area contributed by atoms with Crippen LogP contribution >= 0.6 is 11.3 Å². The van der Waals surface area contributed by atoms with Crippen LogP contribution in [0.25, 0.3) is 26.5 Å². The largest absolute Gasteiger partial charge is 0.480 e. The summed E-state index contributed by atoms with van der Waals surface area (Å²) in [5.41, 5.74) is 2.35. The van der Waals surface area contributed by atoms with E-state index in [1.165, 1.54) is 29.9 Å². The van der Waals surface area contributed by atoms with Gasteiger partial charge in [-0.05, 0) is 74.3 Å². The van der Waals surface area contributed by atoms with Crippen molar-refractivity contribution in [3.63, 3.8) is 0 Å². The van der Waals surface area contributed by atoms with E-state index in [9.17, 15) is 23.2 Å². The van der Waals surface area contributed by atoms with Crippen molar-refractivity contribution in [2.24, 2.45) is 5.92 Å². The number of hydroxylamine groups is 1. The molecule has 244 valence electrons. The van der Waals surface area contributed by atoms with Gasteiger partial charge in [0.15, 0.2) is 5.82 Å². The van der Waals surface area contributed by atoms with Crippen LogP contribution in [0, 0.1) is 17.6 Å². The van der Waals surface area contributed by atoms with E-state index in [2.05, 4.69) is 21.0 Å². The molecule has 0 saturated heterocycles. The Labute approximate surface area is 271 Å². The maximum Gasteiger partial charge on any atom is 0.343 e. The predicted molar refractivity (Wildman–Crippen MR) is 173 cm³/mol. The molecule has 5 aromatic rings. The Morgan fingerprint density at radius 3 is 2.36 bits per heavy atom. The average molecular weight is 664 g/mol. The van der Waals surface area contributed by atoms with Gasteiger partial charge in [-0.25, -0.2) is 28.4 Å². The predicted octanol–water partition coefficient (Wildman–Crippen LogP) is 4.53. The minimum atomic E-state index is -0.844. The van der Waals surface area contributed by atoms with Gasteiger partial charge < -0.3 is 15.0 Å². The number of anilines is 1. The number of carbonyl (C=O) groups is 1. The van der Waals surface area contributed by atoms with Crippen molar-refractivity contribution in [2.75, 3.05) is 33.1 Å². The summed E-state index contributed by atoms with van der Waals surface area (Å²) in [5, 5.41) is 10.8. The third-order valence-corrected chi connectivity index (χ3v) is 8.88. The standard InChI is InChI=1S/C32H31F2N7O5S/c1-39(2)15-22-27-29(42)41(25-13-14-26(45-3)37-36-25)32(44)40(16-21-23(33)5-4-6-24(21)34)30(27)47-28(22)19-9-11-20(12-10-19)35-31(43)38-46-17-18-7-8-18/h4-6,9-14,18H,7-8,15-17H2,1-3H3,(H2,35,38,43). The van der Waals surface area contributed by atoms with E-state index < -0.39 is 35.5 Å². The number of urea groups is 1. The highest BCUT2D eigenvalue weighted by molar-refractivity contribution is 7.22. The molecule has 3 heterocycles. The molecule has 1 fully saturated rings. The number of ether oxygens (including phenoxy) is 1. The fourth-order valence-electron chi connectivity index (χ4n) is 5.06. The highest BCUT2D eigenvalue weighted by Crippen LogP contribution is 2.38. The average Bonchev–Trinajstić information content (AvgIpc) is 3.80.